The van der Waals surface area contributed by atoms with Crippen molar-refractivity contribution >= 4 is 22.6 Å². The minimum Gasteiger partial charge on any atom is -0.383 e. The van der Waals surface area contributed by atoms with Crippen LogP contribution in [0.15, 0.2) is 36.5 Å². The summed E-state index contributed by atoms with van der Waals surface area (Å²) in [4.78, 5) is 23.1. The normalized spacial score (nSPS) is 19.9. The second kappa shape index (κ2) is 7.86. The Morgan fingerprint density at radius 3 is 2.56 bits per heavy atom. The fourth-order valence-corrected chi connectivity index (χ4v) is 4.51. The lowest BCUT2D eigenvalue weighted by molar-refractivity contribution is -0.137. The second-order valence-electron chi connectivity index (χ2n) is 8.48. The minimum atomic E-state index is -4.55. The standard InChI is InChI=1S/C23H19F5N4O2/c24-22(25)5-6-32(19(8-22)12-1-3-13(4-2-12)23(26,27)28)21(33)17-7-14-15-10-34-11-16(15)20(29)31-18(14)9-30-17/h1-4,7,9,19H,5-6,8,10-11H2,(H2,29,31)/t19-/m0/s1. The lowest BCUT2D eigenvalue weighted by atomic mass is 9.91. The molecule has 5 rings (SSSR count). The van der Waals surface area contributed by atoms with Crippen LogP contribution in [0, 0.1) is 0 Å². The molecular formula is C23H19F5N4O2. The van der Waals surface area contributed by atoms with Crippen LogP contribution in [0.5, 0.6) is 0 Å². The van der Waals surface area contributed by atoms with Gasteiger partial charge in [0.15, 0.2) is 0 Å². The van der Waals surface area contributed by atoms with Crippen molar-refractivity contribution in [3.05, 3.63) is 64.5 Å². The van der Waals surface area contributed by atoms with E-state index in [0.717, 1.165) is 35.4 Å². The molecule has 2 aromatic heterocycles. The van der Waals surface area contributed by atoms with E-state index in [4.69, 9.17) is 10.5 Å². The molecule has 34 heavy (non-hydrogen) atoms. The highest BCUT2D eigenvalue weighted by molar-refractivity contribution is 5.97. The quantitative estimate of drug-likeness (QED) is 0.532. The van der Waals surface area contributed by atoms with Crippen molar-refractivity contribution in [3.8, 4) is 0 Å². The highest BCUT2D eigenvalue weighted by atomic mass is 19.4. The number of amides is 1. The van der Waals surface area contributed by atoms with Crippen LogP contribution < -0.4 is 5.73 Å². The number of benzene rings is 1. The SMILES string of the molecule is Nc1nc2cnc(C(=O)N3CCC(F)(F)C[C@H]3c3ccc(C(F)(F)F)cc3)cc2c2c1COC2. The third-order valence-electron chi connectivity index (χ3n) is 6.30. The second-order valence-corrected chi connectivity index (χ2v) is 8.48. The maximum absolute atomic E-state index is 14.3. The highest BCUT2D eigenvalue weighted by Gasteiger charge is 2.43. The summed E-state index contributed by atoms with van der Waals surface area (Å²) in [5.74, 6) is -3.33. The summed E-state index contributed by atoms with van der Waals surface area (Å²) in [6.45, 7) is 0.325. The van der Waals surface area contributed by atoms with Gasteiger partial charge in [-0.05, 0) is 29.3 Å². The summed E-state index contributed by atoms with van der Waals surface area (Å²) in [5.41, 5.74) is 7.30. The number of anilines is 1. The van der Waals surface area contributed by atoms with Gasteiger partial charge in [-0.25, -0.2) is 18.7 Å². The van der Waals surface area contributed by atoms with Crippen molar-refractivity contribution in [1.82, 2.24) is 14.9 Å². The van der Waals surface area contributed by atoms with Gasteiger partial charge in [-0.1, -0.05) is 12.1 Å². The molecule has 3 aromatic rings. The van der Waals surface area contributed by atoms with E-state index in [0.29, 0.717) is 29.9 Å². The largest absolute Gasteiger partial charge is 0.416 e. The number of hydrogen-bond donors (Lipinski definition) is 1. The van der Waals surface area contributed by atoms with E-state index in [1.165, 1.54) is 17.2 Å². The Hall–Kier alpha value is -3.34. The van der Waals surface area contributed by atoms with Crippen molar-refractivity contribution in [1.29, 1.82) is 0 Å². The number of aromatic nitrogens is 2. The van der Waals surface area contributed by atoms with Crippen LogP contribution in [-0.2, 0) is 24.1 Å². The number of piperidine rings is 1. The average Bonchev–Trinajstić information content (AvgIpc) is 3.29. The maximum atomic E-state index is 14.3. The van der Waals surface area contributed by atoms with Gasteiger partial charge in [0.1, 0.15) is 11.5 Å². The van der Waals surface area contributed by atoms with Crippen LogP contribution in [0.3, 0.4) is 0 Å². The molecule has 1 aromatic carbocycles. The lowest BCUT2D eigenvalue weighted by Gasteiger charge is -2.39. The molecule has 2 aliphatic rings. The van der Waals surface area contributed by atoms with Crippen LogP contribution >= 0.6 is 0 Å². The van der Waals surface area contributed by atoms with Crippen LogP contribution in [0.4, 0.5) is 27.8 Å². The summed E-state index contributed by atoms with van der Waals surface area (Å²) < 4.78 is 72.8. The fraction of sp³-hybridized carbons (Fsp3) is 0.348. The predicted octanol–water partition coefficient (Wildman–Crippen LogP) is 4.87. The number of rotatable bonds is 2. The lowest BCUT2D eigenvalue weighted by Crippen LogP contribution is -2.45. The number of halogens is 5. The van der Waals surface area contributed by atoms with Gasteiger partial charge in [-0.15, -0.1) is 0 Å². The van der Waals surface area contributed by atoms with E-state index in [2.05, 4.69) is 9.97 Å². The molecule has 11 heteroatoms. The first-order valence-electron chi connectivity index (χ1n) is 10.5. The molecule has 2 aliphatic heterocycles. The number of likely N-dealkylation sites (tertiary alicyclic amines) is 1. The topological polar surface area (TPSA) is 81.3 Å². The number of fused-ring (bicyclic) bond motifs is 3. The molecule has 0 aliphatic carbocycles. The Balaban J connectivity index is 1.51. The van der Waals surface area contributed by atoms with E-state index in [-0.39, 0.29) is 17.8 Å². The first-order chi connectivity index (χ1) is 16.0. The van der Waals surface area contributed by atoms with E-state index >= 15 is 0 Å². The molecule has 0 radical (unpaired) electrons. The molecule has 4 heterocycles. The number of nitrogens with zero attached hydrogens (tertiary/aromatic N) is 3. The molecular weight excluding hydrogens is 459 g/mol. The molecule has 1 atom stereocenters. The third-order valence-corrected chi connectivity index (χ3v) is 6.30. The summed E-state index contributed by atoms with van der Waals surface area (Å²) in [5, 5.41) is 0.633. The van der Waals surface area contributed by atoms with Crippen LogP contribution in [0.2, 0.25) is 0 Å². The van der Waals surface area contributed by atoms with Crippen LogP contribution in [0.1, 0.15) is 51.6 Å². The Morgan fingerprint density at radius 1 is 1.15 bits per heavy atom. The Morgan fingerprint density at radius 2 is 1.85 bits per heavy atom. The van der Waals surface area contributed by atoms with Crippen molar-refractivity contribution in [3.63, 3.8) is 0 Å². The molecule has 0 spiro atoms. The van der Waals surface area contributed by atoms with Gasteiger partial charge in [0.05, 0.1) is 36.5 Å². The zero-order valence-corrected chi connectivity index (χ0v) is 17.7. The summed E-state index contributed by atoms with van der Waals surface area (Å²) >= 11 is 0. The summed E-state index contributed by atoms with van der Waals surface area (Å²) in [7, 11) is 0. The van der Waals surface area contributed by atoms with Crippen LogP contribution in [0.25, 0.3) is 10.9 Å². The van der Waals surface area contributed by atoms with Crippen molar-refractivity contribution in [2.24, 2.45) is 0 Å². The maximum Gasteiger partial charge on any atom is 0.416 e. The first-order valence-corrected chi connectivity index (χ1v) is 10.5. The van der Waals surface area contributed by atoms with Gasteiger partial charge >= 0.3 is 6.18 Å². The van der Waals surface area contributed by atoms with Crippen LogP contribution in [-0.4, -0.2) is 33.2 Å². The zero-order chi connectivity index (χ0) is 24.3. The van der Waals surface area contributed by atoms with Gasteiger partial charge < -0.3 is 15.4 Å². The summed E-state index contributed by atoms with van der Waals surface area (Å²) in [6.07, 6.45) is -4.41. The third kappa shape index (κ3) is 3.93. The van der Waals surface area contributed by atoms with E-state index in [1.807, 2.05) is 0 Å². The molecule has 1 fully saturated rings. The van der Waals surface area contributed by atoms with Gasteiger partial charge in [0, 0.05) is 30.3 Å². The molecule has 0 saturated carbocycles. The molecule has 178 valence electrons. The number of alkyl halides is 5. The fourth-order valence-electron chi connectivity index (χ4n) is 4.51. The molecule has 6 nitrogen and oxygen atoms in total. The van der Waals surface area contributed by atoms with E-state index in [1.54, 1.807) is 0 Å². The number of nitrogens with two attached hydrogens (primary N) is 1. The Bertz CT molecular complexity index is 1280. The monoisotopic (exact) mass is 478 g/mol. The summed E-state index contributed by atoms with van der Waals surface area (Å²) in [6, 6.07) is 4.37. The molecule has 0 bridgehead atoms. The molecule has 1 amide bonds. The number of carbonyl (C=O) groups is 1. The number of carbonyl (C=O) groups excluding carboxylic acids is 1. The van der Waals surface area contributed by atoms with Gasteiger partial charge in [-0.2, -0.15) is 13.2 Å². The number of hydrogen-bond acceptors (Lipinski definition) is 5. The van der Waals surface area contributed by atoms with E-state index < -0.39 is 42.5 Å². The van der Waals surface area contributed by atoms with Crippen molar-refractivity contribution < 1.29 is 31.5 Å². The van der Waals surface area contributed by atoms with E-state index in [9.17, 15) is 26.7 Å². The van der Waals surface area contributed by atoms with Crippen molar-refractivity contribution in [2.45, 2.75) is 44.2 Å². The van der Waals surface area contributed by atoms with Crippen molar-refractivity contribution in [2.75, 3.05) is 12.3 Å². The predicted molar refractivity (Wildman–Crippen MR) is 112 cm³/mol. The Labute approximate surface area is 190 Å². The minimum absolute atomic E-state index is 0.0234. The van der Waals surface area contributed by atoms with Gasteiger partial charge in [-0.3, -0.25) is 4.79 Å². The first kappa shape index (κ1) is 22.5. The molecule has 0 unspecified atom stereocenters. The number of pyridine rings is 2. The van der Waals surface area contributed by atoms with Gasteiger partial charge in [0.25, 0.3) is 11.8 Å². The molecule has 1 saturated heterocycles. The molecule has 2 N–H and O–H groups in total. The zero-order valence-electron chi connectivity index (χ0n) is 17.7. The highest BCUT2D eigenvalue weighted by Crippen LogP contribution is 2.41. The number of ether oxygens (including phenoxy) is 1. The number of nitrogen functional groups attached to an aromatic ring is 1. The average molecular weight is 478 g/mol. The van der Waals surface area contributed by atoms with Gasteiger partial charge in [0.2, 0.25) is 0 Å². The Kier molecular flexibility index (Phi) is 5.19. The smallest absolute Gasteiger partial charge is 0.383 e.